The number of hydrogen-bond donors (Lipinski definition) is 2. The van der Waals surface area contributed by atoms with E-state index in [0.29, 0.717) is 0 Å². The molecule has 2 rings (SSSR count). The highest BCUT2D eigenvalue weighted by atomic mass is 16.1. The summed E-state index contributed by atoms with van der Waals surface area (Å²) in [7, 11) is 0. The van der Waals surface area contributed by atoms with E-state index >= 15 is 0 Å². The molecule has 0 fully saturated rings. The number of benzene rings is 1. The summed E-state index contributed by atoms with van der Waals surface area (Å²) in [6.45, 7) is 3.80. The average Bonchev–Trinajstić information content (AvgIpc) is 2.85. The van der Waals surface area contributed by atoms with E-state index in [9.17, 15) is 4.79 Å². The van der Waals surface area contributed by atoms with Crippen molar-refractivity contribution in [1.29, 1.82) is 0 Å². The van der Waals surface area contributed by atoms with Gasteiger partial charge in [0.05, 0.1) is 18.7 Å². The summed E-state index contributed by atoms with van der Waals surface area (Å²) in [5.41, 5.74) is 8.27. The number of anilines is 1. The molecule has 0 saturated carbocycles. The maximum atomic E-state index is 10.8. The van der Waals surface area contributed by atoms with Crippen LogP contribution in [0.3, 0.4) is 0 Å². The molecule has 5 heteroatoms. The highest BCUT2D eigenvalue weighted by Crippen LogP contribution is 2.12. The van der Waals surface area contributed by atoms with E-state index in [1.807, 2.05) is 41.2 Å². The SMILES string of the molecule is CCCn1nccc1CNc1ccc(CC(N)=O)cc1. The fourth-order valence-electron chi connectivity index (χ4n) is 2.06. The van der Waals surface area contributed by atoms with Crippen LogP contribution in [0.4, 0.5) is 5.69 Å². The summed E-state index contributed by atoms with van der Waals surface area (Å²) in [5.74, 6) is -0.311. The maximum Gasteiger partial charge on any atom is 0.221 e. The van der Waals surface area contributed by atoms with Gasteiger partial charge in [0.25, 0.3) is 0 Å². The number of nitrogens with two attached hydrogens (primary N) is 1. The van der Waals surface area contributed by atoms with Gasteiger partial charge in [-0.2, -0.15) is 5.10 Å². The average molecular weight is 272 g/mol. The van der Waals surface area contributed by atoms with Crippen LogP contribution < -0.4 is 11.1 Å². The molecule has 0 unspecified atom stereocenters. The van der Waals surface area contributed by atoms with Crippen LogP contribution in [0.25, 0.3) is 0 Å². The van der Waals surface area contributed by atoms with E-state index < -0.39 is 0 Å². The first-order chi connectivity index (χ1) is 9.69. The number of rotatable bonds is 7. The fourth-order valence-corrected chi connectivity index (χ4v) is 2.06. The van der Waals surface area contributed by atoms with Crippen LogP contribution in [-0.4, -0.2) is 15.7 Å². The van der Waals surface area contributed by atoms with Crippen molar-refractivity contribution in [3.8, 4) is 0 Å². The summed E-state index contributed by atoms with van der Waals surface area (Å²) >= 11 is 0. The molecular formula is C15H20N4O. The summed E-state index contributed by atoms with van der Waals surface area (Å²) in [4.78, 5) is 10.8. The highest BCUT2D eigenvalue weighted by Gasteiger charge is 2.02. The molecule has 106 valence electrons. The van der Waals surface area contributed by atoms with Crippen molar-refractivity contribution in [2.45, 2.75) is 32.9 Å². The van der Waals surface area contributed by atoms with Gasteiger partial charge in [0.15, 0.2) is 0 Å². The molecule has 0 aliphatic rings. The van der Waals surface area contributed by atoms with Gasteiger partial charge in [-0.15, -0.1) is 0 Å². The van der Waals surface area contributed by atoms with Crippen molar-refractivity contribution >= 4 is 11.6 Å². The number of primary amides is 1. The molecule has 2 aromatic rings. The van der Waals surface area contributed by atoms with Gasteiger partial charge in [0, 0.05) is 18.4 Å². The third-order valence-electron chi connectivity index (χ3n) is 3.05. The number of aromatic nitrogens is 2. The number of nitrogens with one attached hydrogen (secondary N) is 1. The lowest BCUT2D eigenvalue weighted by Gasteiger charge is -2.09. The first-order valence-electron chi connectivity index (χ1n) is 6.81. The van der Waals surface area contributed by atoms with E-state index in [0.717, 1.165) is 36.5 Å². The first-order valence-corrected chi connectivity index (χ1v) is 6.81. The summed E-state index contributed by atoms with van der Waals surface area (Å²) in [6, 6.07) is 9.76. The molecule has 1 aromatic heterocycles. The Morgan fingerprint density at radius 1 is 1.30 bits per heavy atom. The molecule has 1 amide bonds. The van der Waals surface area contributed by atoms with E-state index in [-0.39, 0.29) is 12.3 Å². The smallest absolute Gasteiger partial charge is 0.221 e. The molecule has 1 aromatic carbocycles. The monoisotopic (exact) mass is 272 g/mol. The number of carbonyl (C=O) groups excluding carboxylic acids is 1. The quantitative estimate of drug-likeness (QED) is 0.809. The number of hydrogen-bond acceptors (Lipinski definition) is 3. The lowest BCUT2D eigenvalue weighted by Crippen LogP contribution is -2.13. The van der Waals surface area contributed by atoms with Crippen LogP contribution >= 0.6 is 0 Å². The van der Waals surface area contributed by atoms with Gasteiger partial charge in [-0.3, -0.25) is 9.48 Å². The third kappa shape index (κ3) is 3.85. The van der Waals surface area contributed by atoms with Gasteiger partial charge in [-0.25, -0.2) is 0 Å². The van der Waals surface area contributed by atoms with E-state index in [2.05, 4.69) is 17.3 Å². The second-order valence-electron chi connectivity index (χ2n) is 4.74. The van der Waals surface area contributed by atoms with Gasteiger partial charge in [-0.1, -0.05) is 19.1 Å². The van der Waals surface area contributed by atoms with Crippen molar-refractivity contribution in [1.82, 2.24) is 9.78 Å². The summed E-state index contributed by atoms with van der Waals surface area (Å²) in [6.07, 6.45) is 3.17. The standard InChI is InChI=1S/C15H20N4O/c1-2-9-19-14(7-8-18-19)11-17-13-5-3-12(4-6-13)10-15(16)20/h3-8,17H,2,9-11H2,1H3,(H2,16,20). The predicted molar refractivity (Wildman–Crippen MR) is 79.2 cm³/mol. The Hall–Kier alpha value is -2.30. The Kier molecular flexibility index (Phi) is 4.76. The minimum atomic E-state index is -0.311. The lowest BCUT2D eigenvalue weighted by atomic mass is 10.1. The molecule has 0 saturated heterocycles. The van der Waals surface area contributed by atoms with Crippen LogP contribution in [0.1, 0.15) is 24.6 Å². The molecular weight excluding hydrogens is 252 g/mol. The molecule has 0 aliphatic heterocycles. The van der Waals surface area contributed by atoms with E-state index in [1.54, 1.807) is 0 Å². The number of nitrogens with zero attached hydrogens (tertiary/aromatic N) is 2. The van der Waals surface area contributed by atoms with Crippen LogP contribution in [0.15, 0.2) is 36.5 Å². The molecule has 0 atom stereocenters. The Morgan fingerprint density at radius 2 is 2.05 bits per heavy atom. The molecule has 0 radical (unpaired) electrons. The van der Waals surface area contributed by atoms with Crippen molar-refractivity contribution < 1.29 is 4.79 Å². The number of amides is 1. The first kappa shape index (κ1) is 14.1. The zero-order valence-corrected chi connectivity index (χ0v) is 11.7. The van der Waals surface area contributed by atoms with Gasteiger partial charge in [-0.05, 0) is 30.2 Å². The normalized spacial score (nSPS) is 10.4. The summed E-state index contributed by atoms with van der Waals surface area (Å²) in [5, 5.41) is 7.64. The van der Waals surface area contributed by atoms with Crippen LogP contribution in [0, 0.1) is 0 Å². The Balaban J connectivity index is 1.93. The van der Waals surface area contributed by atoms with Gasteiger partial charge in [0.2, 0.25) is 5.91 Å². The minimum absolute atomic E-state index is 0.281. The van der Waals surface area contributed by atoms with Gasteiger partial charge in [0.1, 0.15) is 0 Å². The molecule has 0 bridgehead atoms. The molecule has 1 heterocycles. The van der Waals surface area contributed by atoms with Crippen LogP contribution in [-0.2, 0) is 24.3 Å². The maximum absolute atomic E-state index is 10.8. The molecule has 0 spiro atoms. The fraction of sp³-hybridized carbons (Fsp3) is 0.333. The van der Waals surface area contributed by atoms with Crippen LogP contribution in [0.5, 0.6) is 0 Å². The second kappa shape index (κ2) is 6.75. The third-order valence-corrected chi connectivity index (χ3v) is 3.05. The van der Waals surface area contributed by atoms with Crippen molar-refractivity contribution in [2.24, 2.45) is 5.73 Å². The van der Waals surface area contributed by atoms with Crippen molar-refractivity contribution in [2.75, 3.05) is 5.32 Å². The molecule has 5 nitrogen and oxygen atoms in total. The molecule has 0 aliphatic carbocycles. The van der Waals surface area contributed by atoms with Gasteiger partial charge >= 0.3 is 0 Å². The Morgan fingerprint density at radius 3 is 2.70 bits per heavy atom. The van der Waals surface area contributed by atoms with E-state index in [4.69, 9.17) is 5.73 Å². The Bertz CT molecular complexity index is 560. The van der Waals surface area contributed by atoms with Crippen molar-refractivity contribution in [3.05, 3.63) is 47.8 Å². The van der Waals surface area contributed by atoms with Gasteiger partial charge < -0.3 is 11.1 Å². The van der Waals surface area contributed by atoms with Crippen LogP contribution in [0.2, 0.25) is 0 Å². The predicted octanol–water partition coefficient (Wildman–Crippen LogP) is 1.93. The minimum Gasteiger partial charge on any atom is -0.379 e. The number of aryl methyl sites for hydroxylation is 1. The highest BCUT2D eigenvalue weighted by molar-refractivity contribution is 5.76. The molecule has 3 N–H and O–H groups in total. The second-order valence-corrected chi connectivity index (χ2v) is 4.74. The Labute approximate surface area is 118 Å². The zero-order chi connectivity index (χ0) is 14.4. The number of carbonyl (C=O) groups is 1. The molecule has 20 heavy (non-hydrogen) atoms. The largest absolute Gasteiger partial charge is 0.379 e. The summed E-state index contributed by atoms with van der Waals surface area (Å²) < 4.78 is 2.01. The van der Waals surface area contributed by atoms with E-state index in [1.165, 1.54) is 0 Å². The topological polar surface area (TPSA) is 72.9 Å². The zero-order valence-electron chi connectivity index (χ0n) is 11.7. The van der Waals surface area contributed by atoms with Crippen molar-refractivity contribution in [3.63, 3.8) is 0 Å². The lowest BCUT2D eigenvalue weighted by molar-refractivity contribution is -0.117.